The fraction of sp³-hybridized carbons (Fsp3) is 0.333. The van der Waals surface area contributed by atoms with Crippen molar-refractivity contribution in [3.8, 4) is 0 Å². The van der Waals surface area contributed by atoms with E-state index in [1.54, 1.807) is 6.07 Å². The van der Waals surface area contributed by atoms with E-state index in [1.807, 2.05) is 6.07 Å². The van der Waals surface area contributed by atoms with Crippen LogP contribution in [0.1, 0.15) is 12.0 Å². The van der Waals surface area contributed by atoms with Crippen LogP contribution >= 0.6 is 0 Å². The van der Waals surface area contributed by atoms with Crippen LogP contribution in [0.2, 0.25) is 0 Å². The standard InChI is InChI=1S/C12H12FNO3/c13-9-3-1-2-8(4-9)5-10-7-17-11(14-10)6-12(15)16/h1-4,10H,5-7H2,(H,15,16). The number of carboxylic acid groups (broad SMARTS) is 1. The van der Waals surface area contributed by atoms with Gasteiger partial charge < -0.3 is 9.84 Å². The number of ether oxygens (including phenoxy) is 1. The van der Waals surface area contributed by atoms with Crippen LogP contribution in [-0.4, -0.2) is 29.6 Å². The molecule has 0 spiro atoms. The number of hydrogen-bond donors (Lipinski definition) is 1. The fourth-order valence-electron chi connectivity index (χ4n) is 1.74. The SMILES string of the molecule is O=C(O)CC1=NC(Cc2cccc(F)c2)CO1. The summed E-state index contributed by atoms with van der Waals surface area (Å²) in [5, 5.41) is 8.58. The molecule has 5 heteroatoms. The van der Waals surface area contributed by atoms with Gasteiger partial charge in [-0.05, 0) is 24.1 Å². The number of hydrogen-bond acceptors (Lipinski definition) is 3. The summed E-state index contributed by atoms with van der Waals surface area (Å²) in [7, 11) is 0. The summed E-state index contributed by atoms with van der Waals surface area (Å²) < 4.78 is 18.1. The largest absolute Gasteiger partial charge is 0.481 e. The molecule has 0 saturated carbocycles. The molecule has 0 radical (unpaired) electrons. The highest BCUT2D eigenvalue weighted by Crippen LogP contribution is 2.14. The Balaban J connectivity index is 1.97. The van der Waals surface area contributed by atoms with Crippen molar-refractivity contribution in [3.63, 3.8) is 0 Å². The molecule has 1 N–H and O–H groups in total. The molecule has 1 aliphatic heterocycles. The maximum atomic E-state index is 12.9. The summed E-state index contributed by atoms with van der Waals surface area (Å²) in [6.07, 6.45) is 0.362. The molecule has 0 amide bonds. The van der Waals surface area contributed by atoms with Crippen LogP contribution in [0.5, 0.6) is 0 Å². The topological polar surface area (TPSA) is 58.9 Å². The maximum absolute atomic E-state index is 12.9. The van der Waals surface area contributed by atoms with Gasteiger partial charge in [0.15, 0.2) is 5.90 Å². The summed E-state index contributed by atoms with van der Waals surface area (Å²) in [5.74, 6) is -0.995. The highest BCUT2D eigenvalue weighted by atomic mass is 19.1. The van der Waals surface area contributed by atoms with E-state index in [-0.39, 0.29) is 24.2 Å². The van der Waals surface area contributed by atoms with E-state index in [0.717, 1.165) is 5.56 Å². The lowest BCUT2D eigenvalue weighted by Gasteiger charge is -2.04. The molecule has 1 unspecified atom stereocenters. The van der Waals surface area contributed by atoms with E-state index in [2.05, 4.69) is 4.99 Å². The summed E-state index contributed by atoms with van der Waals surface area (Å²) >= 11 is 0. The van der Waals surface area contributed by atoms with Gasteiger partial charge in [0.2, 0.25) is 0 Å². The van der Waals surface area contributed by atoms with Gasteiger partial charge in [0.25, 0.3) is 0 Å². The molecule has 0 saturated heterocycles. The van der Waals surface area contributed by atoms with Crippen molar-refractivity contribution in [1.29, 1.82) is 0 Å². The molecule has 0 aromatic heterocycles. The van der Waals surface area contributed by atoms with Gasteiger partial charge in [-0.3, -0.25) is 4.79 Å². The minimum atomic E-state index is -0.963. The van der Waals surface area contributed by atoms with Gasteiger partial charge in [0.05, 0.1) is 6.04 Å². The first kappa shape index (κ1) is 11.6. The molecule has 2 rings (SSSR count). The van der Waals surface area contributed by atoms with Gasteiger partial charge in [-0.1, -0.05) is 12.1 Å². The van der Waals surface area contributed by atoms with E-state index >= 15 is 0 Å². The van der Waals surface area contributed by atoms with Gasteiger partial charge in [-0.25, -0.2) is 9.38 Å². The average molecular weight is 237 g/mol. The number of carboxylic acids is 1. The lowest BCUT2D eigenvalue weighted by Crippen LogP contribution is -2.10. The molecular weight excluding hydrogens is 225 g/mol. The average Bonchev–Trinajstić information content (AvgIpc) is 2.64. The third-order valence-corrected chi connectivity index (χ3v) is 2.43. The highest BCUT2D eigenvalue weighted by molar-refractivity contribution is 5.94. The maximum Gasteiger partial charge on any atom is 0.312 e. The van der Waals surface area contributed by atoms with Crippen molar-refractivity contribution in [2.75, 3.05) is 6.61 Å². The number of carbonyl (C=O) groups is 1. The lowest BCUT2D eigenvalue weighted by atomic mass is 10.1. The number of nitrogens with zero attached hydrogens (tertiary/aromatic N) is 1. The molecule has 1 aliphatic rings. The zero-order chi connectivity index (χ0) is 12.3. The normalized spacial score (nSPS) is 18.6. The number of benzene rings is 1. The Hall–Kier alpha value is -1.91. The highest BCUT2D eigenvalue weighted by Gasteiger charge is 2.20. The molecule has 1 aromatic rings. The summed E-state index contributed by atoms with van der Waals surface area (Å²) in [4.78, 5) is 14.6. The van der Waals surface area contributed by atoms with E-state index < -0.39 is 5.97 Å². The second-order valence-electron chi connectivity index (χ2n) is 3.89. The van der Waals surface area contributed by atoms with Crippen molar-refractivity contribution in [2.45, 2.75) is 18.9 Å². The summed E-state index contributed by atoms with van der Waals surface area (Å²) in [5.41, 5.74) is 0.832. The Morgan fingerprint density at radius 3 is 3.12 bits per heavy atom. The molecule has 0 fully saturated rings. The van der Waals surface area contributed by atoms with Gasteiger partial charge >= 0.3 is 5.97 Å². The Labute approximate surface area is 97.7 Å². The van der Waals surface area contributed by atoms with Crippen LogP contribution in [0.4, 0.5) is 4.39 Å². The van der Waals surface area contributed by atoms with E-state index in [9.17, 15) is 9.18 Å². The minimum Gasteiger partial charge on any atom is -0.481 e. The van der Waals surface area contributed by atoms with Gasteiger partial charge in [-0.15, -0.1) is 0 Å². The van der Waals surface area contributed by atoms with Crippen LogP contribution in [-0.2, 0) is 16.0 Å². The van der Waals surface area contributed by atoms with Crippen molar-refractivity contribution in [1.82, 2.24) is 0 Å². The minimum absolute atomic E-state index is 0.119. The first-order chi connectivity index (χ1) is 8.13. The first-order valence-corrected chi connectivity index (χ1v) is 5.29. The fourth-order valence-corrected chi connectivity index (χ4v) is 1.74. The van der Waals surface area contributed by atoms with Gasteiger partial charge in [0, 0.05) is 0 Å². The molecule has 0 bridgehead atoms. The van der Waals surface area contributed by atoms with E-state index in [4.69, 9.17) is 9.84 Å². The number of aliphatic carboxylic acids is 1. The Morgan fingerprint density at radius 1 is 1.59 bits per heavy atom. The van der Waals surface area contributed by atoms with Crippen LogP contribution < -0.4 is 0 Å². The molecule has 0 aliphatic carbocycles. The second-order valence-corrected chi connectivity index (χ2v) is 3.89. The van der Waals surface area contributed by atoms with Crippen LogP contribution in [0, 0.1) is 5.82 Å². The summed E-state index contributed by atoms with van der Waals surface area (Å²) in [6.45, 7) is 0.360. The van der Waals surface area contributed by atoms with E-state index in [0.29, 0.717) is 13.0 Å². The zero-order valence-corrected chi connectivity index (χ0v) is 9.10. The molecule has 17 heavy (non-hydrogen) atoms. The predicted molar refractivity (Wildman–Crippen MR) is 59.5 cm³/mol. The lowest BCUT2D eigenvalue weighted by molar-refractivity contribution is -0.135. The van der Waals surface area contributed by atoms with Crippen LogP contribution in [0.3, 0.4) is 0 Å². The molecule has 1 atom stereocenters. The van der Waals surface area contributed by atoms with E-state index in [1.165, 1.54) is 12.1 Å². The molecule has 4 nitrogen and oxygen atoms in total. The third-order valence-electron chi connectivity index (χ3n) is 2.43. The Morgan fingerprint density at radius 2 is 2.41 bits per heavy atom. The number of aliphatic imine (C=N–C) groups is 1. The molecule has 1 heterocycles. The van der Waals surface area contributed by atoms with Gasteiger partial charge in [0.1, 0.15) is 18.8 Å². The van der Waals surface area contributed by atoms with Crippen LogP contribution in [0.25, 0.3) is 0 Å². The monoisotopic (exact) mass is 237 g/mol. The summed E-state index contributed by atoms with van der Waals surface area (Å²) in [6, 6.07) is 6.17. The van der Waals surface area contributed by atoms with Crippen molar-refractivity contribution >= 4 is 11.9 Å². The number of rotatable bonds is 4. The van der Waals surface area contributed by atoms with Crippen molar-refractivity contribution in [2.24, 2.45) is 4.99 Å². The van der Waals surface area contributed by atoms with Crippen LogP contribution in [0.15, 0.2) is 29.3 Å². The van der Waals surface area contributed by atoms with Crippen molar-refractivity contribution in [3.05, 3.63) is 35.6 Å². The Bertz CT molecular complexity index is 459. The van der Waals surface area contributed by atoms with Gasteiger partial charge in [-0.2, -0.15) is 0 Å². The predicted octanol–water partition coefficient (Wildman–Crippen LogP) is 1.64. The smallest absolute Gasteiger partial charge is 0.312 e. The Kier molecular flexibility index (Phi) is 3.37. The number of halogens is 1. The molecule has 1 aromatic carbocycles. The molecule has 90 valence electrons. The zero-order valence-electron chi connectivity index (χ0n) is 9.10. The quantitative estimate of drug-likeness (QED) is 0.866. The van der Waals surface area contributed by atoms with Crippen molar-refractivity contribution < 1.29 is 19.0 Å². The molecular formula is C12H12FNO3. The third kappa shape index (κ3) is 3.27. The first-order valence-electron chi connectivity index (χ1n) is 5.29. The second kappa shape index (κ2) is 4.95.